The average molecular weight is 403 g/mol. The lowest BCUT2D eigenvalue weighted by Gasteiger charge is -2.12. The summed E-state index contributed by atoms with van der Waals surface area (Å²) in [6, 6.07) is 11.4. The van der Waals surface area contributed by atoms with Gasteiger partial charge in [-0.25, -0.2) is 4.98 Å². The number of rotatable bonds is 6. The van der Waals surface area contributed by atoms with Crippen molar-refractivity contribution in [2.45, 2.75) is 37.1 Å². The Balaban J connectivity index is 1.72. The van der Waals surface area contributed by atoms with Crippen LogP contribution < -0.4 is 5.32 Å². The van der Waals surface area contributed by atoms with Crippen LogP contribution in [0.4, 0.5) is 5.69 Å². The van der Waals surface area contributed by atoms with E-state index >= 15 is 0 Å². The van der Waals surface area contributed by atoms with Gasteiger partial charge in [-0.05, 0) is 53.1 Å². The van der Waals surface area contributed by atoms with Crippen molar-refractivity contribution in [2.75, 3.05) is 5.32 Å². The molecule has 2 heterocycles. The second-order valence-corrected chi connectivity index (χ2v) is 7.88. The molecule has 2 aromatic heterocycles. The van der Waals surface area contributed by atoms with Crippen LogP contribution in [-0.4, -0.2) is 36.3 Å². The lowest BCUT2D eigenvalue weighted by atomic mass is 10.0. The molecular weight excluding hydrogens is 384 g/mol. The van der Waals surface area contributed by atoms with E-state index in [0.29, 0.717) is 16.8 Å². The SMILES string of the molecule is CC(C)c1ccc(-n2nnnc2S[C@@H](C)C(=O)Nc2cccnc2Cl)cc1. The van der Waals surface area contributed by atoms with Crippen LogP contribution in [0.2, 0.25) is 5.15 Å². The smallest absolute Gasteiger partial charge is 0.237 e. The number of thioether (sulfide) groups is 1. The molecule has 0 spiro atoms. The van der Waals surface area contributed by atoms with Gasteiger partial charge in [-0.2, -0.15) is 4.68 Å². The Kier molecular flexibility index (Phi) is 6.08. The van der Waals surface area contributed by atoms with E-state index in [1.54, 1.807) is 29.9 Å². The van der Waals surface area contributed by atoms with Crippen molar-refractivity contribution in [2.24, 2.45) is 0 Å². The average Bonchev–Trinajstić information content (AvgIpc) is 3.11. The van der Waals surface area contributed by atoms with E-state index in [0.717, 1.165) is 5.69 Å². The maximum Gasteiger partial charge on any atom is 0.237 e. The summed E-state index contributed by atoms with van der Waals surface area (Å²) in [6.45, 7) is 6.06. The van der Waals surface area contributed by atoms with E-state index in [1.807, 2.05) is 12.1 Å². The molecule has 0 unspecified atom stereocenters. The Morgan fingerprint density at radius 1 is 1.19 bits per heavy atom. The van der Waals surface area contributed by atoms with Gasteiger partial charge in [0.25, 0.3) is 0 Å². The van der Waals surface area contributed by atoms with E-state index in [4.69, 9.17) is 11.6 Å². The first-order chi connectivity index (χ1) is 13.0. The number of pyridine rings is 1. The Hall–Kier alpha value is -2.45. The third-order valence-electron chi connectivity index (χ3n) is 3.91. The normalized spacial score (nSPS) is 12.2. The van der Waals surface area contributed by atoms with Gasteiger partial charge in [-0.15, -0.1) is 5.10 Å². The molecular formula is C18H19ClN6OS. The van der Waals surface area contributed by atoms with Gasteiger partial charge in [0.1, 0.15) is 0 Å². The number of tetrazole rings is 1. The number of amides is 1. The molecule has 0 aliphatic carbocycles. The van der Waals surface area contributed by atoms with Gasteiger partial charge in [0.15, 0.2) is 5.15 Å². The van der Waals surface area contributed by atoms with Crippen LogP contribution in [0.3, 0.4) is 0 Å². The van der Waals surface area contributed by atoms with Gasteiger partial charge in [-0.1, -0.05) is 49.3 Å². The van der Waals surface area contributed by atoms with Gasteiger partial charge >= 0.3 is 0 Å². The predicted octanol–water partition coefficient (Wildman–Crippen LogP) is 3.95. The minimum absolute atomic E-state index is 0.209. The lowest BCUT2D eigenvalue weighted by Crippen LogP contribution is -2.23. The van der Waals surface area contributed by atoms with Crippen molar-refractivity contribution in [3.63, 3.8) is 0 Å². The number of aromatic nitrogens is 5. The molecule has 140 valence electrons. The fourth-order valence-electron chi connectivity index (χ4n) is 2.34. The minimum Gasteiger partial charge on any atom is -0.322 e. The van der Waals surface area contributed by atoms with E-state index in [-0.39, 0.29) is 11.1 Å². The molecule has 3 aromatic rings. The third-order valence-corrected chi connectivity index (χ3v) is 5.25. The van der Waals surface area contributed by atoms with Gasteiger partial charge < -0.3 is 5.32 Å². The summed E-state index contributed by atoms with van der Waals surface area (Å²) in [5.41, 5.74) is 2.55. The number of carbonyl (C=O) groups is 1. The highest BCUT2D eigenvalue weighted by molar-refractivity contribution is 8.00. The molecule has 1 amide bonds. The highest BCUT2D eigenvalue weighted by atomic mass is 35.5. The molecule has 0 aliphatic heterocycles. The summed E-state index contributed by atoms with van der Waals surface area (Å²) in [5.74, 6) is 0.240. The van der Waals surface area contributed by atoms with E-state index < -0.39 is 5.25 Å². The summed E-state index contributed by atoms with van der Waals surface area (Å²) in [6.07, 6.45) is 1.56. The number of nitrogens with one attached hydrogen (secondary N) is 1. The summed E-state index contributed by atoms with van der Waals surface area (Å²) < 4.78 is 1.62. The quantitative estimate of drug-likeness (QED) is 0.496. The van der Waals surface area contributed by atoms with Crippen LogP contribution in [0.25, 0.3) is 5.69 Å². The minimum atomic E-state index is -0.430. The molecule has 0 aliphatic rings. The van der Waals surface area contributed by atoms with Crippen molar-refractivity contribution in [1.29, 1.82) is 0 Å². The molecule has 9 heteroatoms. The van der Waals surface area contributed by atoms with E-state index in [1.165, 1.54) is 17.3 Å². The number of halogens is 1. The van der Waals surface area contributed by atoms with Crippen LogP contribution in [0.15, 0.2) is 47.8 Å². The molecule has 1 atom stereocenters. The fraction of sp³-hybridized carbons (Fsp3) is 0.278. The molecule has 1 aromatic carbocycles. The van der Waals surface area contributed by atoms with Gasteiger partial charge in [0.05, 0.1) is 16.6 Å². The number of carbonyl (C=O) groups excluding carboxylic acids is 1. The first kappa shape index (κ1) is 19.3. The molecule has 0 bridgehead atoms. The topological polar surface area (TPSA) is 85.6 Å². The first-order valence-electron chi connectivity index (χ1n) is 8.42. The van der Waals surface area contributed by atoms with Crippen molar-refractivity contribution in [3.05, 3.63) is 53.3 Å². The molecule has 1 N–H and O–H groups in total. The Labute approximate surface area is 166 Å². The van der Waals surface area contributed by atoms with Gasteiger partial charge in [0, 0.05) is 6.20 Å². The Bertz CT molecular complexity index is 928. The van der Waals surface area contributed by atoms with Crippen LogP contribution >= 0.6 is 23.4 Å². The monoisotopic (exact) mass is 402 g/mol. The maximum absolute atomic E-state index is 12.5. The molecule has 0 fully saturated rings. The number of nitrogens with zero attached hydrogens (tertiary/aromatic N) is 5. The fourth-order valence-corrected chi connectivity index (χ4v) is 3.31. The van der Waals surface area contributed by atoms with Crippen molar-refractivity contribution < 1.29 is 4.79 Å². The van der Waals surface area contributed by atoms with Crippen LogP contribution in [0, 0.1) is 0 Å². The maximum atomic E-state index is 12.5. The first-order valence-corrected chi connectivity index (χ1v) is 9.68. The molecule has 27 heavy (non-hydrogen) atoms. The highest BCUT2D eigenvalue weighted by Crippen LogP contribution is 2.26. The second kappa shape index (κ2) is 8.49. The molecule has 0 radical (unpaired) electrons. The summed E-state index contributed by atoms with van der Waals surface area (Å²) in [5, 5.41) is 15.0. The third kappa shape index (κ3) is 4.64. The van der Waals surface area contributed by atoms with Crippen molar-refractivity contribution in [3.8, 4) is 5.69 Å². The van der Waals surface area contributed by atoms with Gasteiger partial charge in [-0.3, -0.25) is 4.79 Å². The predicted molar refractivity (Wildman–Crippen MR) is 106 cm³/mol. The largest absolute Gasteiger partial charge is 0.322 e. The van der Waals surface area contributed by atoms with Crippen molar-refractivity contribution >= 4 is 35.0 Å². The Morgan fingerprint density at radius 2 is 1.93 bits per heavy atom. The summed E-state index contributed by atoms with van der Waals surface area (Å²) in [4.78, 5) is 16.4. The number of anilines is 1. The van der Waals surface area contributed by atoms with Gasteiger partial charge in [0.2, 0.25) is 11.1 Å². The van der Waals surface area contributed by atoms with E-state index in [9.17, 15) is 4.79 Å². The van der Waals surface area contributed by atoms with Crippen LogP contribution in [0.1, 0.15) is 32.3 Å². The number of benzene rings is 1. The van der Waals surface area contributed by atoms with E-state index in [2.05, 4.69) is 51.8 Å². The lowest BCUT2D eigenvalue weighted by molar-refractivity contribution is -0.115. The molecule has 0 saturated carbocycles. The molecule has 7 nitrogen and oxygen atoms in total. The molecule has 3 rings (SSSR count). The zero-order chi connectivity index (χ0) is 19.4. The number of hydrogen-bond acceptors (Lipinski definition) is 6. The zero-order valence-electron chi connectivity index (χ0n) is 15.1. The summed E-state index contributed by atoms with van der Waals surface area (Å²) >= 11 is 7.25. The second-order valence-electron chi connectivity index (χ2n) is 6.21. The summed E-state index contributed by atoms with van der Waals surface area (Å²) in [7, 11) is 0. The Morgan fingerprint density at radius 3 is 2.59 bits per heavy atom. The molecule has 0 saturated heterocycles. The van der Waals surface area contributed by atoms with Crippen molar-refractivity contribution in [1.82, 2.24) is 25.2 Å². The zero-order valence-corrected chi connectivity index (χ0v) is 16.7. The van der Waals surface area contributed by atoms with Crippen LogP contribution in [-0.2, 0) is 4.79 Å². The standard InChI is InChI=1S/C18H19ClN6OS/c1-11(2)13-6-8-14(9-7-13)25-18(22-23-24-25)27-12(3)17(26)21-15-5-4-10-20-16(15)19/h4-12H,1-3H3,(H,21,26)/t12-/m0/s1. The number of hydrogen-bond donors (Lipinski definition) is 1. The van der Waals surface area contributed by atoms with Crippen LogP contribution in [0.5, 0.6) is 0 Å². The highest BCUT2D eigenvalue weighted by Gasteiger charge is 2.20.